The Balaban J connectivity index is 0.815. The molecule has 4 amide bonds. The van der Waals surface area contributed by atoms with Gasteiger partial charge < -0.3 is 29.9 Å². The third-order valence-electron chi connectivity index (χ3n) is 16.5. The van der Waals surface area contributed by atoms with Crippen LogP contribution < -0.4 is 10.6 Å². The largest absolute Gasteiger partial charge is 0.453 e. The number of hydrogen-bond donors (Lipinski definition) is 2. The SMILES string of the molecule is COC(=O)N[C@H](C(=O)N1CCC[C@@H]1C1=NC=C(c2ccc(-c3ccc(C4=CN=C([C@@H]5CCCN5C(=O)[C@@H](NC(=O)OC)C5CCCCC5)C4)c4c3C3CCC4C3)cc2)C1)C1CCCCC1. The van der Waals surface area contributed by atoms with Crippen molar-refractivity contribution < 1.29 is 28.7 Å². The van der Waals surface area contributed by atoms with E-state index in [9.17, 15) is 19.2 Å². The molecule has 2 N–H and O–H groups in total. The zero-order chi connectivity index (χ0) is 44.6. The summed E-state index contributed by atoms with van der Waals surface area (Å²) in [7, 11) is 2.72. The molecule has 4 aliphatic carbocycles. The topological polar surface area (TPSA) is 142 Å². The number of methoxy groups -OCH3 is 2. The van der Waals surface area contributed by atoms with Crippen LogP contribution >= 0.6 is 0 Å². The van der Waals surface area contributed by atoms with Gasteiger partial charge in [-0.05, 0) is 139 Å². The molecule has 4 heterocycles. The smallest absolute Gasteiger partial charge is 0.407 e. The van der Waals surface area contributed by atoms with Crippen molar-refractivity contribution in [3.8, 4) is 11.1 Å². The maximum atomic E-state index is 14.3. The van der Waals surface area contributed by atoms with Gasteiger partial charge in [-0.15, -0.1) is 0 Å². The monoisotopic (exact) mass is 883 g/mol. The fourth-order valence-electron chi connectivity index (χ4n) is 13.2. The number of nitrogens with one attached hydrogen (secondary N) is 2. The van der Waals surface area contributed by atoms with Gasteiger partial charge in [-0.25, -0.2) is 9.59 Å². The standard InChI is InChI=1S/C53H66N6O6/c1-64-52(62)56-48(34-11-5-3-6-12-34)50(60)58-25-9-15-44(58)42-28-38(30-54-42)32-17-19-33(20-18-32)40-23-24-41(47-37-22-21-36(27-37)46(40)47)39-29-43(55-31-39)45-16-10-26-59(45)51(61)49(57-53(63)65-2)35-13-7-4-8-14-35/h17-20,23-24,30-31,34-37,44-45,48-49H,3-16,21-22,25-29H2,1-2H3,(H,56,62)(H,57,63)/t36?,37?,44-,45+,48+,49+/m1/s1. The molecule has 0 radical (unpaired) electrons. The second kappa shape index (κ2) is 18.9. The van der Waals surface area contributed by atoms with Crippen LogP contribution in [-0.2, 0) is 19.1 Å². The Hall–Kier alpha value is -5.26. The number of ether oxygens (including phenoxy) is 2. The quantitative estimate of drug-likeness (QED) is 0.230. The number of amides is 4. The maximum absolute atomic E-state index is 14.3. The summed E-state index contributed by atoms with van der Waals surface area (Å²) in [6, 6.07) is 12.4. The molecule has 344 valence electrons. The Kier molecular flexibility index (Phi) is 12.7. The van der Waals surface area contributed by atoms with Crippen molar-refractivity contribution in [2.75, 3.05) is 27.3 Å². The molecule has 2 aromatic carbocycles. The number of carbonyl (C=O) groups is 4. The predicted octanol–water partition coefficient (Wildman–Crippen LogP) is 9.68. The van der Waals surface area contributed by atoms with Crippen LogP contribution in [0, 0.1) is 11.8 Å². The Labute approximate surface area is 383 Å². The number of fused-ring (bicyclic) bond motifs is 5. The predicted molar refractivity (Wildman–Crippen MR) is 253 cm³/mol. The lowest BCUT2D eigenvalue weighted by Gasteiger charge is -2.34. The van der Waals surface area contributed by atoms with E-state index in [1.165, 1.54) is 79.7 Å². The molecule has 12 heteroatoms. The molecular weight excluding hydrogens is 817 g/mol. The zero-order valence-electron chi connectivity index (χ0n) is 38.3. The lowest BCUT2D eigenvalue weighted by atomic mass is 9.80. The molecule has 2 unspecified atom stereocenters. The number of allylic oxidation sites excluding steroid dienone is 2. The van der Waals surface area contributed by atoms with E-state index in [1.54, 1.807) is 0 Å². The van der Waals surface area contributed by atoms with Crippen molar-refractivity contribution in [1.82, 2.24) is 20.4 Å². The number of hydrogen-bond acceptors (Lipinski definition) is 8. The van der Waals surface area contributed by atoms with E-state index >= 15 is 0 Å². The van der Waals surface area contributed by atoms with Crippen LogP contribution in [-0.4, -0.2) is 96.7 Å². The average Bonchev–Trinajstić information content (AvgIpc) is 4.22. The molecule has 10 rings (SSSR count). The number of nitrogens with zero attached hydrogens (tertiary/aromatic N) is 4. The van der Waals surface area contributed by atoms with E-state index in [2.05, 4.69) is 53.2 Å². The summed E-state index contributed by atoms with van der Waals surface area (Å²) in [5, 5.41) is 5.85. The second-order valence-corrected chi connectivity index (χ2v) is 20.1. The number of rotatable bonds is 11. The Morgan fingerprint density at radius 1 is 0.554 bits per heavy atom. The van der Waals surface area contributed by atoms with Crippen molar-refractivity contribution in [2.24, 2.45) is 21.8 Å². The van der Waals surface area contributed by atoms with Crippen LogP contribution in [0.25, 0.3) is 22.3 Å². The first-order chi connectivity index (χ1) is 31.8. The average molecular weight is 883 g/mol. The van der Waals surface area contributed by atoms with Gasteiger partial charge in [0.15, 0.2) is 0 Å². The lowest BCUT2D eigenvalue weighted by Crippen LogP contribution is -2.54. The summed E-state index contributed by atoms with van der Waals surface area (Å²) in [5.74, 6) is 1.36. The van der Waals surface area contributed by atoms with Crippen LogP contribution in [0.1, 0.15) is 156 Å². The summed E-state index contributed by atoms with van der Waals surface area (Å²) in [6.07, 6.45) is 22.1. The zero-order valence-corrected chi connectivity index (χ0v) is 38.3. The first-order valence-electron chi connectivity index (χ1n) is 24.9. The molecule has 3 saturated carbocycles. The molecule has 0 spiro atoms. The van der Waals surface area contributed by atoms with Crippen LogP contribution in [0.5, 0.6) is 0 Å². The molecule has 8 aliphatic rings. The number of alkyl carbamates (subject to hydrolysis) is 2. The molecule has 2 bridgehead atoms. The minimum Gasteiger partial charge on any atom is -0.453 e. The molecule has 4 aliphatic heterocycles. The van der Waals surface area contributed by atoms with Gasteiger partial charge in [0.2, 0.25) is 11.8 Å². The second-order valence-electron chi connectivity index (χ2n) is 20.1. The van der Waals surface area contributed by atoms with Gasteiger partial charge in [0.05, 0.1) is 26.3 Å². The Bertz CT molecular complexity index is 2300. The highest BCUT2D eigenvalue weighted by Gasteiger charge is 2.44. The highest BCUT2D eigenvalue weighted by Crippen LogP contribution is 2.58. The van der Waals surface area contributed by atoms with E-state index in [4.69, 9.17) is 19.5 Å². The maximum Gasteiger partial charge on any atom is 0.407 e. The van der Waals surface area contributed by atoms with E-state index in [-0.39, 0.29) is 35.7 Å². The van der Waals surface area contributed by atoms with Gasteiger partial charge in [0.25, 0.3) is 0 Å². The van der Waals surface area contributed by atoms with E-state index in [0.29, 0.717) is 31.3 Å². The fraction of sp³-hybridized carbons (Fsp3) is 0.585. The molecule has 12 nitrogen and oxygen atoms in total. The summed E-state index contributed by atoms with van der Waals surface area (Å²) in [6.45, 7) is 1.36. The van der Waals surface area contributed by atoms with Gasteiger partial charge in [0.1, 0.15) is 12.1 Å². The molecule has 0 aromatic heterocycles. The minimum absolute atomic E-state index is 0.00344. The van der Waals surface area contributed by atoms with Gasteiger partial charge in [-0.3, -0.25) is 19.6 Å². The van der Waals surface area contributed by atoms with Gasteiger partial charge in [-0.2, -0.15) is 0 Å². The van der Waals surface area contributed by atoms with E-state index < -0.39 is 24.3 Å². The molecule has 5 fully saturated rings. The van der Waals surface area contributed by atoms with Crippen LogP contribution in [0.2, 0.25) is 0 Å². The van der Waals surface area contributed by atoms with Crippen molar-refractivity contribution >= 4 is 46.6 Å². The first kappa shape index (κ1) is 43.6. The molecular formula is C53H66N6O6. The number of benzene rings is 2. The molecule has 2 saturated heterocycles. The minimum atomic E-state index is -0.570. The normalized spacial score (nSPS) is 26.2. The van der Waals surface area contributed by atoms with Crippen molar-refractivity contribution in [2.45, 2.75) is 158 Å². The first-order valence-corrected chi connectivity index (χ1v) is 24.9. The van der Waals surface area contributed by atoms with Crippen molar-refractivity contribution in [1.29, 1.82) is 0 Å². The summed E-state index contributed by atoms with van der Waals surface area (Å²) in [4.78, 5) is 67.2. The summed E-state index contributed by atoms with van der Waals surface area (Å²) >= 11 is 0. The summed E-state index contributed by atoms with van der Waals surface area (Å²) in [5.41, 5.74) is 12.5. The van der Waals surface area contributed by atoms with Crippen LogP contribution in [0.15, 0.2) is 58.8 Å². The third-order valence-corrected chi connectivity index (χ3v) is 16.5. The number of likely N-dealkylation sites (tertiary alicyclic amines) is 2. The lowest BCUT2D eigenvalue weighted by molar-refractivity contribution is -0.135. The summed E-state index contributed by atoms with van der Waals surface area (Å²) < 4.78 is 9.92. The van der Waals surface area contributed by atoms with Crippen molar-refractivity contribution in [3.05, 3.63) is 71.1 Å². The molecule has 2 aromatic rings. The highest BCUT2D eigenvalue weighted by molar-refractivity contribution is 6.05. The van der Waals surface area contributed by atoms with Gasteiger partial charge >= 0.3 is 12.2 Å². The Morgan fingerprint density at radius 3 is 1.54 bits per heavy atom. The van der Waals surface area contributed by atoms with Crippen LogP contribution in [0.4, 0.5) is 9.59 Å². The highest BCUT2D eigenvalue weighted by atomic mass is 16.5. The third kappa shape index (κ3) is 8.55. The fourth-order valence-corrected chi connectivity index (χ4v) is 13.2. The van der Waals surface area contributed by atoms with Gasteiger partial charge in [0, 0.05) is 49.8 Å². The van der Waals surface area contributed by atoms with E-state index in [0.717, 1.165) is 106 Å². The molecule has 6 atom stereocenters. The molecule has 65 heavy (non-hydrogen) atoms. The number of carbonyl (C=O) groups excluding carboxylic acids is 4. The van der Waals surface area contributed by atoms with Gasteiger partial charge in [-0.1, -0.05) is 74.9 Å². The Morgan fingerprint density at radius 2 is 1.02 bits per heavy atom. The van der Waals surface area contributed by atoms with E-state index in [1.807, 2.05) is 16.0 Å². The van der Waals surface area contributed by atoms with Crippen LogP contribution in [0.3, 0.4) is 0 Å². The number of aliphatic imine (C=N–C) groups is 2. The van der Waals surface area contributed by atoms with Crippen molar-refractivity contribution in [3.63, 3.8) is 0 Å².